The Labute approximate surface area is 107 Å². The number of hydrogen-bond donors (Lipinski definition) is 1. The number of aryl methyl sites for hydroxylation is 1. The van der Waals surface area contributed by atoms with Gasteiger partial charge < -0.3 is 9.88 Å². The standard InChI is InChI=1S/C14H17ClN2/c1-17-9-3-6-14(17)11-16-8-7-12-4-2-5-13(15)10-12/h2-6,9-10,16H,7-8,11H2,1H3. The highest BCUT2D eigenvalue weighted by atomic mass is 35.5. The van der Waals surface area contributed by atoms with E-state index < -0.39 is 0 Å². The summed E-state index contributed by atoms with van der Waals surface area (Å²) < 4.78 is 2.13. The summed E-state index contributed by atoms with van der Waals surface area (Å²) in [5.74, 6) is 0. The summed E-state index contributed by atoms with van der Waals surface area (Å²) in [4.78, 5) is 0. The maximum atomic E-state index is 5.94. The third kappa shape index (κ3) is 3.62. The summed E-state index contributed by atoms with van der Waals surface area (Å²) in [5, 5.41) is 4.24. The van der Waals surface area contributed by atoms with Crippen LogP contribution in [0.15, 0.2) is 42.6 Å². The predicted octanol–water partition coefficient (Wildman–Crippen LogP) is 3.01. The molecule has 0 amide bonds. The Hall–Kier alpha value is -1.25. The van der Waals surface area contributed by atoms with Crippen LogP contribution in [0.3, 0.4) is 0 Å². The van der Waals surface area contributed by atoms with Crippen LogP contribution in [0.4, 0.5) is 0 Å². The van der Waals surface area contributed by atoms with Crippen molar-refractivity contribution in [1.29, 1.82) is 0 Å². The fraction of sp³-hybridized carbons (Fsp3) is 0.286. The molecule has 0 saturated heterocycles. The molecule has 0 aliphatic carbocycles. The van der Waals surface area contributed by atoms with Gasteiger partial charge in [0.2, 0.25) is 0 Å². The Morgan fingerprint density at radius 2 is 2.12 bits per heavy atom. The highest BCUT2D eigenvalue weighted by Crippen LogP contribution is 2.10. The quantitative estimate of drug-likeness (QED) is 0.805. The summed E-state index contributed by atoms with van der Waals surface area (Å²) in [6, 6.07) is 12.2. The van der Waals surface area contributed by atoms with Crippen molar-refractivity contribution in [1.82, 2.24) is 9.88 Å². The first-order valence-corrected chi connectivity index (χ1v) is 6.19. The summed E-state index contributed by atoms with van der Waals surface area (Å²) in [6.07, 6.45) is 3.07. The molecule has 0 spiro atoms. The Balaban J connectivity index is 1.75. The van der Waals surface area contributed by atoms with Gasteiger partial charge in [-0.05, 0) is 42.8 Å². The largest absolute Gasteiger partial charge is 0.353 e. The van der Waals surface area contributed by atoms with E-state index in [-0.39, 0.29) is 0 Å². The molecule has 1 aromatic heterocycles. The average Bonchev–Trinajstić information content (AvgIpc) is 2.71. The lowest BCUT2D eigenvalue weighted by Crippen LogP contribution is -2.18. The van der Waals surface area contributed by atoms with E-state index in [0.29, 0.717) is 0 Å². The van der Waals surface area contributed by atoms with Gasteiger partial charge in [0.1, 0.15) is 0 Å². The minimum atomic E-state index is 0.810. The third-order valence-corrected chi connectivity index (χ3v) is 3.07. The number of nitrogens with zero attached hydrogens (tertiary/aromatic N) is 1. The van der Waals surface area contributed by atoms with Crippen LogP contribution in [-0.4, -0.2) is 11.1 Å². The highest BCUT2D eigenvalue weighted by Gasteiger charge is 1.97. The Morgan fingerprint density at radius 3 is 2.82 bits per heavy atom. The van der Waals surface area contributed by atoms with Gasteiger partial charge in [0.25, 0.3) is 0 Å². The van der Waals surface area contributed by atoms with E-state index in [0.717, 1.165) is 24.5 Å². The van der Waals surface area contributed by atoms with Gasteiger partial charge in [-0.15, -0.1) is 0 Å². The molecule has 1 aromatic carbocycles. The van der Waals surface area contributed by atoms with Crippen LogP contribution in [-0.2, 0) is 20.0 Å². The van der Waals surface area contributed by atoms with E-state index in [1.807, 2.05) is 18.2 Å². The number of aromatic nitrogens is 1. The fourth-order valence-electron chi connectivity index (χ4n) is 1.82. The van der Waals surface area contributed by atoms with Crippen molar-refractivity contribution in [3.05, 3.63) is 58.9 Å². The molecule has 1 N–H and O–H groups in total. The van der Waals surface area contributed by atoms with Crippen molar-refractivity contribution in [3.8, 4) is 0 Å². The molecule has 1 heterocycles. The van der Waals surface area contributed by atoms with Crippen LogP contribution in [0.5, 0.6) is 0 Å². The first-order chi connectivity index (χ1) is 8.25. The highest BCUT2D eigenvalue weighted by molar-refractivity contribution is 6.30. The van der Waals surface area contributed by atoms with Gasteiger partial charge in [0.15, 0.2) is 0 Å². The second-order valence-corrected chi connectivity index (χ2v) is 4.60. The average molecular weight is 249 g/mol. The number of benzene rings is 1. The van der Waals surface area contributed by atoms with E-state index in [4.69, 9.17) is 11.6 Å². The first-order valence-electron chi connectivity index (χ1n) is 5.81. The van der Waals surface area contributed by atoms with Crippen LogP contribution >= 0.6 is 11.6 Å². The molecule has 0 unspecified atom stereocenters. The molecule has 0 aliphatic rings. The topological polar surface area (TPSA) is 17.0 Å². The number of nitrogens with one attached hydrogen (secondary N) is 1. The molecule has 2 aromatic rings. The minimum absolute atomic E-state index is 0.810. The van der Waals surface area contributed by atoms with E-state index >= 15 is 0 Å². The number of halogens is 1. The van der Waals surface area contributed by atoms with Gasteiger partial charge >= 0.3 is 0 Å². The zero-order chi connectivity index (χ0) is 12.1. The van der Waals surface area contributed by atoms with E-state index in [9.17, 15) is 0 Å². The monoisotopic (exact) mass is 248 g/mol. The SMILES string of the molecule is Cn1cccc1CNCCc1cccc(Cl)c1. The molecule has 0 bridgehead atoms. The second kappa shape index (κ2) is 5.89. The number of rotatable bonds is 5. The molecule has 0 atom stereocenters. The maximum absolute atomic E-state index is 5.94. The molecule has 2 nitrogen and oxygen atoms in total. The normalized spacial score (nSPS) is 10.7. The second-order valence-electron chi connectivity index (χ2n) is 4.17. The molecule has 0 saturated carbocycles. The van der Waals surface area contributed by atoms with Crippen molar-refractivity contribution in [2.75, 3.05) is 6.54 Å². The molecule has 3 heteroatoms. The first kappa shape index (κ1) is 12.2. The Bertz CT molecular complexity index is 477. The molecule has 0 aliphatic heterocycles. The third-order valence-electron chi connectivity index (χ3n) is 2.84. The molecule has 0 fully saturated rings. The van der Waals surface area contributed by atoms with Crippen molar-refractivity contribution in [2.45, 2.75) is 13.0 Å². The lowest BCUT2D eigenvalue weighted by molar-refractivity contribution is 0.653. The van der Waals surface area contributed by atoms with Crippen molar-refractivity contribution in [2.24, 2.45) is 7.05 Å². The summed E-state index contributed by atoms with van der Waals surface area (Å²) >= 11 is 5.94. The Kier molecular flexibility index (Phi) is 4.24. The Morgan fingerprint density at radius 1 is 1.24 bits per heavy atom. The summed E-state index contributed by atoms with van der Waals surface area (Å²) in [7, 11) is 2.06. The molecule has 90 valence electrons. The lowest BCUT2D eigenvalue weighted by atomic mass is 10.1. The molecular formula is C14H17ClN2. The number of hydrogen-bond acceptors (Lipinski definition) is 1. The lowest BCUT2D eigenvalue weighted by Gasteiger charge is -2.06. The molecule has 2 rings (SSSR count). The van der Waals surface area contributed by atoms with Gasteiger partial charge in [0, 0.05) is 30.5 Å². The van der Waals surface area contributed by atoms with E-state index in [2.05, 4.69) is 41.3 Å². The molecular weight excluding hydrogens is 232 g/mol. The van der Waals surface area contributed by atoms with Crippen LogP contribution in [0, 0.1) is 0 Å². The van der Waals surface area contributed by atoms with Crippen LogP contribution < -0.4 is 5.32 Å². The predicted molar refractivity (Wildman–Crippen MR) is 72.3 cm³/mol. The van der Waals surface area contributed by atoms with E-state index in [1.54, 1.807) is 0 Å². The summed E-state index contributed by atoms with van der Waals surface area (Å²) in [6.45, 7) is 1.87. The van der Waals surface area contributed by atoms with Crippen LogP contribution in [0.25, 0.3) is 0 Å². The molecule has 0 radical (unpaired) electrons. The van der Waals surface area contributed by atoms with Crippen LogP contribution in [0.2, 0.25) is 5.02 Å². The van der Waals surface area contributed by atoms with Gasteiger partial charge in [-0.25, -0.2) is 0 Å². The van der Waals surface area contributed by atoms with E-state index in [1.165, 1.54) is 11.3 Å². The zero-order valence-electron chi connectivity index (χ0n) is 9.99. The fourth-order valence-corrected chi connectivity index (χ4v) is 2.03. The van der Waals surface area contributed by atoms with Gasteiger partial charge in [0.05, 0.1) is 0 Å². The maximum Gasteiger partial charge on any atom is 0.0408 e. The smallest absolute Gasteiger partial charge is 0.0408 e. The van der Waals surface area contributed by atoms with Gasteiger partial charge in [-0.1, -0.05) is 23.7 Å². The van der Waals surface area contributed by atoms with Crippen molar-refractivity contribution < 1.29 is 0 Å². The molecule has 17 heavy (non-hydrogen) atoms. The van der Waals surface area contributed by atoms with Crippen molar-refractivity contribution >= 4 is 11.6 Å². The van der Waals surface area contributed by atoms with Crippen LogP contribution in [0.1, 0.15) is 11.3 Å². The minimum Gasteiger partial charge on any atom is -0.353 e. The van der Waals surface area contributed by atoms with Gasteiger partial charge in [-0.3, -0.25) is 0 Å². The zero-order valence-corrected chi connectivity index (χ0v) is 10.7. The summed E-state index contributed by atoms with van der Waals surface area (Å²) in [5.41, 5.74) is 2.58. The van der Waals surface area contributed by atoms with Crippen molar-refractivity contribution in [3.63, 3.8) is 0 Å². The van der Waals surface area contributed by atoms with Gasteiger partial charge in [-0.2, -0.15) is 0 Å².